The zero-order valence-electron chi connectivity index (χ0n) is 4.17. The van der Waals surface area contributed by atoms with Gasteiger partial charge in [0.15, 0.2) is 0 Å². The van der Waals surface area contributed by atoms with Gasteiger partial charge in [0, 0.05) is 14.1 Å². The Balaban J connectivity index is -0.0000000800. The number of halogens is 2. The van der Waals surface area contributed by atoms with Gasteiger partial charge in [-0.2, -0.15) is 0 Å². The molecule has 0 rings (SSSR count). The molecule has 0 aliphatic heterocycles. The first-order valence-corrected chi connectivity index (χ1v) is 2.18. The molecule has 0 heterocycles. The Bertz CT molecular complexity index is 42.7. The van der Waals surface area contributed by atoms with Crippen LogP contribution < -0.4 is 0 Å². The highest BCUT2D eigenvalue weighted by Crippen LogP contribution is 1.90. The van der Waals surface area contributed by atoms with Crippen molar-refractivity contribution in [1.29, 1.82) is 0 Å². The minimum atomic E-state index is -0.302. The molecule has 1 atom stereocenters. The molecular formula is C2H9Cl2NOP+. The van der Waals surface area contributed by atoms with Crippen LogP contribution in [-0.2, 0) is 4.57 Å². The third kappa shape index (κ3) is 20.5. The van der Waals surface area contributed by atoms with E-state index in [4.69, 9.17) is 0 Å². The number of hydrogen-bond acceptors (Lipinski definition) is 1. The Morgan fingerprint density at radius 1 is 1.29 bits per heavy atom. The number of rotatable bonds is 1. The summed E-state index contributed by atoms with van der Waals surface area (Å²) in [6.07, 6.45) is 0. The van der Waals surface area contributed by atoms with Crippen molar-refractivity contribution in [3.8, 4) is 0 Å². The molecular weight excluding hydrogens is 156 g/mol. The van der Waals surface area contributed by atoms with Crippen LogP contribution in [0.25, 0.3) is 0 Å². The van der Waals surface area contributed by atoms with Crippen molar-refractivity contribution in [2.75, 3.05) is 14.1 Å². The van der Waals surface area contributed by atoms with E-state index >= 15 is 0 Å². The smallest absolute Gasteiger partial charge is 0.147 e. The standard InChI is InChI=1S/C2H6NOP.2ClH/c1-3(2)5-4;;/h1-2H3;2*1H/p+1. The second-order valence-electron chi connectivity index (χ2n) is 0.986. The topological polar surface area (TPSA) is 20.3 Å². The van der Waals surface area contributed by atoms with Gasteiger partial charge >= 0.3 is 8.61 Å². The summed E-state index contributed by atoms with van der Waals surface area (Å²) in [6.45, 7) is 0. The summed E-state index contributed by atoms with van der Waals surface area (Å²) in [6, 6.07) is 0. The summed E-state index contributed by atoms with van der Waals surface area (Å²) in [5.41, 5.74) is 0. The lowest BCUT2D eigenvalue weighted by molar-refractivity contribution is 0.552. The molecule has 0 N–H and O–H groups in total. The molecule has 0 aromatic carbocycles. The third-order valence-electron chi connectivity index (χ3n) is 0.183. The minimum Gasteiger partial charge on any atom is -0.147 e. The predicted molar refractivity (Wildman–Crippen MR) is 37.2 cm³/mol. The lowest BCUT2D eigenvalue weighted by atomic mass is 11.3. The summed E-state index contributed by atoms with van der Waals surface area (Å²) in [5, 5.41) is 0. The van der Waals surface area contributed by atoms with Crippen LogP contribution in [0.4, 0.5) is 0 Å². The normalized spacial score (nSPS) is 7.29. The quantitative estimate of drug-likeness (QED) is 0.546. The van der Waals surface area contributed by atoms with E-state index in [1.54, 1.807) is 18.8 Å². The van der Waals surface area contributed by atoms with Gasteiger partial charge in [-0.1, -0.05) is 4.57 Å². The van der Waals surface area contributed by atoms with Crippen LogP contribution in [0.2, 0.25) is 0 Å². The highest BCUT2D eigenvalue weighted by Gasteiger charge is 1.85. The fourth-order valence-corrected chi connectivity index (χ4v) is 0. The van der Waals surface area contributed by atoms with Crippen LogP contribution in [0.3, 0.4) is 0 Å². The van der Waals surface area contributed by atoms with Gasteiger partial charge in [0.25, 0.3) is 0 Å². The predicted octanol–water partition coefficient (Wildman–Crippen LogP) is 1.33. The Morgan fingerprint density at radius 2 is 1.43 bits per heavy atom. The summed E-state index contributed by atoms with van der Waals surface area (Å²) >= 11 is 0. The van der Waals surface area contributed by atoms with Gasteiger partial charge in [-0.15, -0.1) is 29.5 Å². The van der Waals surface area contributed by atoms with Crippen LogP contribution in [-0.4, -0.2) is 18.8 Å². The summed E-state index contributed by atoms with van der Waals surface area (Å²) in [5.74, 6) is 0. The molecule has 0 amide bonds. The molecule has 2 nitrogen and oxygen atoms in total. The molecule has 1 unspecified atom stereocenters. The van der Waals surface area contributed by atoms with Gasteiger partial charge in [0.05, 0.1) is 0 Å². The Morgan fingerprint density at radius 3 is 1.43 bits per heavy atom. The van der Waals surface area contributed by atoms with Crippen molar-refractivity contribution in [2.24, 2.45) is 0 Å². The van der Waals surface area contributed by atoms with E-state index in [1.165, 1.54) is 0 Å². The van der Waals surface area contributed by atoms with E-state index in [0.717, 1.165) is 0 Å². The minimum absolute atomic E-state index is 0. The first kappa shape index (κ1) is 15.6. The van der Waals surface area contributed by atoms with Gasteiger partial charge in [-0.05, 0) is 0 Å². The van der Waals surface area contributed by atoms with Crippen molar-refractivity contribution in [3.05, 3.63) is 0 Å². The van der Waals surface area contributed by atoms with Gasteiger partial charge in [-0.3, -0.25) is 0 Å². The van der Waals surface area contributed by atoms with Crippen LogP contribution >= 0.6 is 33.4 Å². The zero-order chi connectivity index (χ0) is 4.28. The Kier molecular flexibility index (Phi) is 21.9. The largest absolute Gasteiger partial charge is 0.420 e. The van der Waals surface area contributed by atoms with Crippen LogP contribution in [0.5, 0.6) is 0 Å². The summed E-state index contributed by atoms with van der Waals surface area (Å²) in [7, 11) is 3.21. The molecule has 0 aromatic heterocycles. The SMILES string of the molecule is CN(C)[PH+]=O.Cl.Cl. The van der Waals surface area contributed by atoms with Crippen molar-refractivity contribution in [3.63, 3.8) is 0 Å². The molecule has 46 valence electrons. The van der Waals surface area contributed by atoms with Crippen molar-refractivity contribution in [1.82, 2.24) is 4.67 Å². The lowest BCUT2D eigenvalue weighted by Gasteiger charge is -1.75. The van der Waals surface area contributed by atoms with Gasteiger partial charge in [0.1, 0.15) is 0 Å². The van der Waals surface area contributed by atoms with Gasteiger partial charge in [-0.25, -0.2) is 0 Å². The van der Waals surface area contributed by atoms with E-state index in [9.17, 15) is 4.57 Å². The lowest BCUT2D eigenvalue weighted by Crippen LogP contribution is -1.90. The van der Waals surface area contributed by atoms with Crippen LogP contribution in [0.15, 0.2) is 0 Å². The van der Waals surface area contributed by atoms with E-state index < -0.39 is 0 Å². The molecule has 0 radical (unpaired) electrons. The van der Waals surface area contributed by atoms with Gasteiger partial charge in [0.2, 0.25) is 0 Å². The number of hydrogen-bond donors (Lipinski definition) is 0. The zero-order valence-corrected chi connectivity index (χ0v) is 6.80. The molecule has 7 heavy (non-hydrogen) atoms. The van der Waals surface area contributed by atoms with E-state index in [1.807, 2.05) is 0 Å². The molecule has 0 saturated heterocycles. The molecule has 0 aliphatic rings. The molecule has 0 aromatic rings. The molecule has 0 bridgehead atoms. The maximum atomic E-state index is 9.58. The third-order valence-corrected chi connectivity index (χ3v) is 0.548. The van der Waals surface area contributed by atoms with E-state index in [2.05, 4.69) is 0 Å². The maximum Gasteiger partial charge on any atom is 0.420 e. The van der Waals surface area contributed by atoms with Crippen molar-refractivity contribution >= 4 is 33.4 Å². The van der Waals surface area contributed by atoms with Crippen molar-refractivity contribution < 1.29 is 4.57 Å². The Hall–Kier alpha value is 0.640. The molecule has 0 aliphatic carbocycles. The fraction of sp³-hybridized carbons (Fsp3) is 1.00. The monoisotopic (exact) mass is 164 g/mol. The Labute approximate surface area is 57.3 Å². The first-order valence-electron chi connectivity index (χ1n) is 1.32. The summed E-state index contributed by atoms with van der Waals surface area (Å²) in [4.78, 5) is 0. The van der Waals surface area contributed by atoms with Crippen LogP contribution in [0, 0.1) is 0 Å². The molecule has 0 fully saturated rings. The number of nitrogens with zero attached hydrogens (tertiary/aromatic N) is 1. The van der Waals surface area contributed by atoms with Gasteiger partial charge < -0.3 is 0 Å². The van der Waals surface area contributed by atoms with E-state index in [0.29, 0.717) is 0 Å². The van der Waals surface area contributed by atoms with Crippen LogP contribution in [0.1, 0.15) is 0 Å². The highest BCUT2D eigenvalue weighted by molar-refractivity contribution is 7.20. The van der Waals surface area contributed by atoms with E-state index in [-0.39, 0.29) is 33.4 Å². The average Bonchev–Trinajstić information content (AvgIpc) is 1.38. The average molecular weight is 165 g/mol. The maximum absolute atomic E-state index is 9.58. The second kappa shape index (κ2) is 9.81. The summed E-state index contributed by atoms with van der Waals surface area (Å²) < 4.78 is 11.2. The molecule has 0 saturated carbocycles. The van der Waals surface area contributed by atoms with Crippen molar-refractivity contribution in [2.45, 2.75) is 0 Å². The first-order chi connectivity index (χ1) is 2.27. The molecule has 0 spiro atoms. The fourth-order valence-electron chi connectivity index (χ4n) is 0. The highest BCUT2D eigenvalue weighted by atomic mass is 35.5. The second-order valence-corrected chi connectivity index (χ2v) is 2.06. The molecule has 5 heteroatoms.